The second kappa shape index (κ2) is 8.36. The molecule has 2 aromatic carbocycles. The van der Waals surface area contributed by atoms with Gasteiger partial charge in [0, 0.05) is 11.3 Å². The number of anilines is 2. The minimum absolute atomic E-state index is 0.0563. The summed E-state index contributed by atoms with van der Waals surface area (Å²) in [5.74, 6) is -1.13. The summed E-state index contributed by atoms with van der Waals surface area (Å²) in [4.78, 5) is 22.7. The van der Waals surface area contributed by atoms with E-state index in [1.807, 2.05) is 18.2 Å². The zero-order valence-electron chi connectivity index (χ0n) is 18.9. The fourth-order valence-corrected chi connectivity index (χ4v) is 4.31. The first-order chi connectivity index (χ1) is 17.1. The molecule has 1 aliphatic carbocycles. The van der Waals surface area contributed by atoms with Crippen molar-refractivity contribution < 1.29 is 23.1 Å². The second-order valence-electron chi connectivity index (χ2n) is 8.64. The van der Waals surface area contributed by atoms with Crippen LogP contribution < -0.4 is 10.6 Å². The highest BCUT2D eigenvalue weighted by Crippen LogP contribution is 2.48. The number of halogens is 3. The zero-order chi connectivity index (χ0) is 25.7. The van der Waals surface area contributed by atoms with E-state index >= 15 is 0 Å². The molecule has 0 saturated heterocycles. The number of fused-ring (bicyclic) bond motifs is 1. The number of hydrogen-bond acceptors (Lipinski definition) is 6. The molecule has 8 nitrogen and oxygen atoms in total. The van der Waals surface area contributed by atoms with Crippen LogP contribution in [-0.4, -0.2) is 37.3 Å². The predicted octanol–water partition coefficient (Wildman–Crippen LogP) is 4.51. The number of aromatic nitrogens is 4. The Morgan fingerprint density at radius 3 is 2.56 bits per heavy atom. The lowest BCUT2D eigenvalue weighted by atomic mass is 10.0. The largest absolute Gasteiger partial charge is 0.507 e. The van der Waals surface area contributed by atoms with Crippen LogP contribution >= 0.6 is 0 Å². The van der Waals surface area contributed by atoms with E-state index in [1.165, 1.54) is 18.5 Å². The van der Waals surface area contributed by atoms with Crippen molar-refractivity contribution in [2.24, 2.45) is 0 Å². The molecule has 1 amide bonds. The molecule has 0 bridgehead atoms. The van der Waals surface area contributed by atoms with Crippen LogP contribution in [0.4, 0.5) is 24.7 Å². The Hall–Kier alpha value is -4.41. The molecule has 1 saturated carbocycles. The Bertz CT molecular complexity index is 1480. The van der Waals surface area contributed by atoms with Gasteiger partial charge >= 0.3 is 6.18 Å². The van der Waals surface area contributed by atoms with Crippen LogP contribution in [0.1, 0.15) is 18.4 Å². The van der Waals surface area contributed by atoms with Gasteiger partial charge in [-0.2, -0.15) is 18.3 Å². The maximum Gasteiger partial charge on any atom is 0.419 e. The number of nitrogen functional groups attached to an aromatic ring is 1. The number of phenols is 1. The minimum atomic E-state index is -4.76. The van der Waals surface area contributed by atoms with E-state index < -0.39 is 23.0 Å². The molecule has 1 aliphatic rings. The van der Waals surface area contributed by atoms with Gasteiger partial charge in [0.15, 0.2) is 5.65 Å². The van der Waals surface area contributed by atoms with Gasteiger partial charge < -0.3 is 15.7 Å². The molecule has 0 unspecified atom stereocenters. The van der Waals surface area contributed by atoms with E-state index in [-0.39, 0.29) is 29.5 Å². The molecule has 0 aliphatic heterocycles. The summed E-state index contributed by atoms with van der Waals surface area (Å²) < 4.78 is 42.1. The van der Waals surface area contributed by atoms with Crippen molar-refractivity contribution >= 4 is 28.4 Å². The Morgan fingerprint density at radius 2 is 1.92 bits per heavy atom. The van der Waals surface area contributed by atoms with E-state index in [0.717, 1.165) is 12.1 Å². The number of carbonyl (C=O) groups excluding carboxylic acids is 1. The number of amides is 1. The van der Waals surface area contributed by atoms with Gasteiger partial charge in [0.2, 0.25) is 5.91 Å². The number of alkyl halides is 3. The van der Waals surface area contributed by atoms with Crippen LogP contribution in [0.2, 0.25) is 0 Å². The fourth-order valence-electron chi connectivity index (χ4n) is 4.31. The highest BCUT2D eigenvalue weighted by atomic mass is 19.4. The molecular weight excluding hydrogens is 473 g/mol. The summed E-state index contributed by atoms with van der Waals surface area (Å²) in [6.07, 6.45) is -0.962. The lowest BCUT2D eigenvalue weighted by Gasteiger charge is -2.27. The summed E-state index contributed by atoms with van der Waals surface area (Å²) in [7, 11) is 0. The third-order valence-electron chi connectivity index (χ3n) is 6.31. The average Bonchev–Trinajstić information content (AvgIpc) is 3.53. The molecule has 11 heteroatoms. The summed E-state index contributed by atoms with van der Waals surface area (Å²) >= 11 is 0. The smallest absolute Gasteiger partial charge is 0.419 e. The van der Waals surface area contributed by atoms with Gasteiger partial charge in [-0.1, -0.05) is 24.8 Å². The van der Waals surface area contributed by atoms with E-state index in [4.69, 9.17) is 5.73 Å². The molecule has 184 valence electrons. The normalized spacial score (nSPS) is 14.5. The topological polar surface area (TPSA) is 110 Å². The summed E-state index contributed by atoms with van der Waals surface area (Å²) in [6, 6.07) is 12.2. The number of aromatic hydroxyl groups is 1. The number of nitrogens with zero attached hydrogens (tertiary/aromatic N) is 5. The predicted molar refractivity (Wildman–Crippen MR) is 128 cm³/mol. The highest BCUT2D eigenvalue weighted by Gasteiger charge is 2.49. The van der Waals surface area contributed by atoms with E-state index in [0.29, 0.717) is 29.6 Å². The molecule has 2 heterocycles. The van der Waals surface area contributed by atoms with Crippen LogP contribution in [0.25, 0.3) is 22.3 Å². The van der Waals surface area contributed by atoms with Crippen molar-refractivity contribution in [1.29, 1.82) is 0 Å². The lowest BCUT2D eigenvalue weighted by molar-refractivity contribution is -0.138. The minimum Gasteiger partial charge on any atom is -0.507 e. The monoisotopic (exact) mass is 494 g/mol. The number of phenolic OH excluding ortho intramolecular Hbond substituents is 1. The number of benzene rings is 2. The van der Waals surface area contributed by atoms with Crippen molar-refractivity contribution in [3.63, 3.8) is 0 Å². The maximum atomic E-state index is 13.5. The molecule has 0 spiro atoms. The second-order valence-corrected chi connectivity index (χ2v) is 8.64. The first-order valence-corrected chi connectivity index (χ1v) is 11.0. The molecule has 0 atom stereocenters. The summed E-state index contributed by atoms with van der Waals surface area (Å²) in [6.45, 7) is 3.85. The van der Waals surface area contributed by atoms with Gasteiger partial charge in [-0.25, -0.2) is 14.6 Å². The van der Waals surface area contributed by atoms with Crippen LogP contribution in [-0.2, 0) is 16.5 Å². The van der Waals surface area contributed by atoms with Crippen LogP contribution in [0.3, 0.4) is 0 Å². The maximum absolute atomic E-state index is 13.5. The zero-order valence-corrected chi connectivity index (χ0v) is 18.9. The summed E-state index contributed by atoms with van der Waals surface area (Å²) in [5.41, 5.74) is 5.56. The van der Waals surface area contributed by atoms with Crippen molar-refractivity contribution in [2.75, 3.05) is 17.2 Å². The van der Waals surface area contributed by atoms with Crippen molar-refractivity contribution in [2.45, 2.75) is 24.6 Å². The Kier molecular flexibility index (Phi) is 5.42. The highest BCUT2D eigenvalue weighted by molar-refractivity contribution is 6.01. The number of nitrogens with two attached hydrogens (primary N) is 1. The first-order valence-electron chi connectivity index (χ1n) is 11.0. The van der Waals surface area contributed by atoms with Crippen molar-refractivity contribution in [1.82, 2.24) is 19.7 Å². The molecule has 2 aromatic heterocycles. The SMILES string of the molecule is C=CC(=O)N(CC1(n2nc(-c3ccc(O)c(C(F)(F)F)c3)c3c(N)ncnc32)CC1)c1ccccc1. The van der Waals surface area contributed by atoms with Crippen molar-refractivity contribution in [3.8, 4) is 17.0 Å². The number of rotatable bonds is 6. The summed E-state index contributed by atoms with van der Waals surface area (Å²) in [5, 5.41) is 14.7. The van der Waals surface area contributed by atoms with Gasteiger partial charge in [-0.3, -0.25) is 4.79 Å². The Morgan fingerprint density at radius 1 is 1.19 bits per heavy atom. The third-order valence-corrected chi connectivity index (χ3v) is 6.31. The quantitative estimate of drug-likeness (QED) is 0.382. The molecular formula is C25H21F3N6O2. The van der Waals surface area contributed by atoms with Gasteiger partial charge in [0.1, 0.15) is 23.6 Å². The lowest BCUT2D eigenvalue weighted by Crippen LogP contribution is -2.39. The van der Waals surface area contributed by atoms with Crippen LogP contribution in [0.5, 0.6) is 5.75 Å². The van der Waals surface area contributed by atoms with Gasteiger partial charge in [0.05, 0.1) is 23.0 Å². The van der Waals surface area contributed by atoms with Gasteiger partial charge in [0.25, 0.3) is 0 Å². The third kappa shape index (κ3) is 3.92. The molecule has 1 fully saturated rings. The Labute approximate surface area is 203 Å². The van der Waals surface area contributed by atoms with Crippen LogP contribution in [0, 0.1) is 0 Å². The molecule has 3 N–H and O–H groups in total. The molecule has 0 radical (unpaired) electrons. The molecule has 36 heavy (non-hydrogen) atoms. The van der Waals surface area contributed by atoms with E-state index in [2.05, 4.69) is 21.6 Å². The first kappa shape index (κ1) is 23.3. The van der Waals surface area contributed by atoms with E-state index in [9.17, 15) is 23.1 Å². The standard InChI is InChI=1S/C25H21F3N6O2/c1-2-19(36)33(16-6-4-3-5-7-16)13-24(10-11-24)34-23-20(22(29)30-14-31-23)21(32-34)15-8-9-18(35)17(12-15)25(26,27)28/h2-9,12,14,35H,1,10-11,13H2,(H2,29,30,31). The average molecular weight is 494 g/mol. The fraction of sp³-hybridized carbons (Fsp3) is 0.200. The van der Waals surface area contributed by atoms with Gasteiger partial charge in [-0.05, 0) is 49.2 Å². The van der Waals surface area contributed by atoms with E-state index in [1.54, 1.807) is 21.7 Å². The number of para-hydroxylation sites is 1. The number of carbonyl (C=O) groups is 1. The Balaban J connectivity index is 1.65. The molecule has 5 rings (SSSR count). The van der Waals surface area contributed by atoms with Crippen LogP contribution in [0.15, 0.2) is 67.5 Å². The van der Waals surface area contributed by atoms with Gasteiger partial charge in [-0.15, -0.1) is 0 Å². The molecule has 4 aromatic rings. The number of hydrogen-bond donors (Lipinski definition) is 2. The van der Waals surface area contributed by atoms with Crippen molar-refractivity contribution in [3.05, 3.63) is 73.1 Å².